The predicted molar refractivity (Wildman–Crippen MR) is 81.7 cm³/mol. The lowest BCUT2D eigenvalue weighted by atomic mass is 10.00. The summed E-state index contributed by atoms with van der Waals surface area (Å²) in [6.07, 6.45) is 0. The number of aryl methyl sites for hydroxylation is 3. The van der Waals surface area contributed by atoms with Crippen molar-refractivity contribution in [2.75, 3.05) is 40.4 Å². The summed E-state index contributed by atoms with van der Waals surface area (Å²) in [5, 5.41) is 3.53. The molecule has 1 rings (SSSR count). The molecule has 0 spiro atoms. The molecule has 0 aromatic heterocycles. The monoisotopic (exact) mass is 264 g/mol. The highest BCUT2D eigenvalue weighted by Gasteiger charge is 2.03. The standard InChI is InChI=1S/C16H28N2O/c1-13-10-14(2)16(15(3)11-13)12-17-6-7-18(4)8-9-19-5/h10-11,17H,6-9,12H2,1-5H3. The van der Waals surface area contributed by atoms with Crippen LogP contribution in [0.2, 0.25) is 0 Å². The van der Waals surface area contributed by atoms with Gasteiger partial charge in [0.05, 0.1) is 6.61 Å². The van der Waals surface area contributed by atoms with Crippen LogP contribution in [-0.4, -0.2) is 45.3 Å². The van der Waals surface area contributed by atoms with Crippen molar-refractivity contribution < 1.29 is 4.74 Å². The SMILES string of the molecule is COCCN(C)CCNCc1c(C)cc(C)cc1C. The van der Waals surface area contributed by atoms with Crippen molar-refractivity contribution in [3.63, 3.8) is 0 Å². The predicted octanol–water partition coefficient (Wildman–Crippen LogP) is 2.28. The Morgan fingerprint density at radius 1 is 1.11 bits per heavy atom. The molecule has 0 saturated heterocycles. The van der Waals surface area contributed by atoms with Gasteiger partial charge in [0, 0.05) is 33.3 Å². The number of hydrogen-bond acceptors (Lipinski definition) is 3. The first-order valence-electron chi connectivity index (χ1n) is 6.99. The van der Waals surface area contributed by atoms with Gasteiger partial charge in [-0.25, -0.2) is 0 Å². The summed E-state index contributed by atoms with van der Waals surface area (Å²) >= 11 is 0. The average molecular weight is 264 g/mol. The molecule has 108 valence electrons. The number of ether oxygens (including phenoxy) is 1. The fraction of sp³-hybridized carbons (Fsp3) is 0.625. The summed E-state index contributed by atoms with van der Waals surface area (Å²) in [7, 11) is 3.87. The third-order valence-electron chi connectivity index (χ3n) is 3.49. The number of benzene rings is 1. The van der Waals surface area contributed by atoms with Crippen LogP contribution in [0.25, 0.3) is 0 Å². The van der Waals surface area contributed by atoms with E-state index < -0.39 is 0 Å². The van der Waals surface area contributed by atoms with Gasteiger partial charge in [-0.2, -0.15) is 0 Å². The van der Waals surface area contributed by atoms with Crippen molar-refractivity contribution in [1.29, 1.82) is 0 Å². The molecule has 19 heavy (non-hydrogen) atoms. The zero-order chi connectivity index (χ0) is 14.3. The van der Waals surface area contributed by atoms with Gasteiger partial charge in [0.15, 0.2) is 0 Å². The van der Waals surface area contributed by atoms with Crippen LogP contribution in [-0.2, 0) is 11.3 Å². The number of likely N-dealkylation sites (N-methyl/N-ethyl adjacent to an activating group) is 1. The van der Waals surface area contributed by atoms with Crippen molar-refractivity contribution >= 4 is 0 Å². The van der Waals surface area contributed by atoms with Gasteiger partial charge in [0.2, 0.25) is 0 Å². The number of nitrogens with one attached hydrogen (secondary N) is 1. The Labute approximate surface area is 118 Å². The molecule has 3 heteroatoms. The molecule has 0 unspecified atom stereocenters. The highest BCUT2D eigenvalue weighted by Crippen LogP contribution is 2.15. The van der Waals surface area contributed by atoms with E-state index in [1.54, 1.807) is 7.11 Å². The molecular weight excluding hydrogens is 236 g/mol. The van der Waals surface area contributed by atoms with E-state index in [1.165, 1.54) is 22.3 Å². The average Bonchev–Trinajstić information content (AvgIpc) is 2.34. The number of rotatable bonds is 8. The molecule has 0 aliphatic carbocycles. The van der Waals surface area contributed by atoms with E-state index in [-0.39, 0.29) is 0 Å². The van der Waals surface area contributed by atoms with Gasteiger partial charge in [0.1, 0.15) is 0 Å². The summed E-state index contributed by atoms with van der Waals surface area (Å²) < 4.78 is 5.07. The second-order valence-electron chi connectivity index (χ2n) is 5.35. The highest BCUT2D eigenvalue weighted by atomic mass is 16.5. The van der Waals surface area contributed by atoms with Gasteiger partial charge in [0.25, 0.3) is 0 Å². The number of hydrogen-bond donors (Lipinski definition) is 1. The van der Waals surface area contributed by atoms with E-state index in [0.717, 1.165) is 32.8 Å². The molecule has 0 aliphatic rings. The Morgan fingerprint density at radius 2 is 1.74 bits per heavy atom. The van der Waals surface area contributed by atoms with E-state index in [4.69, 9.17) is 4.74 Å². The fourth-order valence-corrected chi connectivity index (χ4v) is 2.33. The van der Waals surface area contributed by atoms with E-state index in [0.29, 0.717) is 0 Å². The van der Waals surface area contributed by atoms with Crippen molar-refractivity contribution in [3.05, 3.63) is 34.4 Å². The van der Waals surface area contributed by atoms with Gasteiger partial charge < -0.3 is 15.0 Å². The zero-order valence-electron chi connectivity index (χ0n) is 13.0. The molecule has 0 heterocycles. The first kappa shape index (κ1) is 16.2. The van der Waals surface area contributed by atoms with Crippen LogP contribution in [0.3, 0.4) is 0 Å². The van der Waals surface area contributed by atoms with Crippen LogP contribution < -0.4 is 5.32 Å². The lowest BCUT2D eigenvalue weighted by molar-refractivity contribution is 0.161. The number of nitrogens with zero attached hydrogens (tertiary/aromatic N) is 1. The van der Waals surface area contributed by atoms with E-state index >= 15 is 0 Å². The van der Waals surface area contributed by atoms with Crippen molar-refractivity contribution in [2.24, 2.45) is 0 Å². The smallest absolute Gasteiger partial charge is 0.0589 e. The Hall–Kier alpha value is -0.900. The molecule has 0 aliphatic heterocycles. The van der Waals surface area contributed by atoms with Crippen LogP contribution in [0.5, 0.6) is 0 Å². The minimum absolute atomic E-state index is 0.798. The van der Waals surface area contributed by atoms with Crippen LogP contribution in [0.1, 0.15) is 22.3 Å². The topological polar surface area (TPSA) is 24.5 Å². The third kappa shape index (κ3) is 5.72. The zero-order valence-corrected chi connectivity index (χ0v) is 13.0. The van der Waals surface area contributed by atoms with Crippen LogP contribution in [0, 0.1) is 20.8 Å². The molecule has 0 atom stereocenters. The van der Waals surface area contributed by atoms with Crippen molar-refractivity contribution in [1.82, 2.24) is 10.2 Å². The Morgan fingerprint density at radius 3 is 2.32 bits per heavy atom. The van der Waals surface area contributed by atoms with Crippen molar-refractivity contribution in [3.8, 4) is 0 Å². The molecular formula is C16H28N2O. The maximum absolute atomic E-state index is 5.07. The first-order chi connectivity index (χ1) is 9.04. The summed E-state index contributed by atoms with van der Waals surface area (Å²) in [5.74, 6) is 0. The van der Waals surface area contributed by atoms with Gasteiger partial charge in [-0.1, -0.05) is 17.7 Å². The van der Waals surface area contributed by atoms with E-state index in [1.807, 2.05) is 0 Å². The minimum Gasteiger partial charge on any atom is -0.383 e. The van der Waals surface area contributed by atoms with Crippen LogP contribution in [0.15, 0.2) is 12.1 Å². The molecule has 1 N–H and O–H groups in total. The summed E-state index contributed by atoms with van der Waals surface area (Å²) in [5.41, 5.74) is 5.55. The van der Waals surface area contributed by atoms with E-state index in [9.17, 15) is 0 Å². The molecule has 0 fully saturated rings. The maximum atomic E-state index is 5.07. The lowest BCUT2D eigenvalue weighted by Gasteiger charge is -2.17. The van der Waals surface area contributed by atoms with Gasteiger partial charge in [-0.05, 0) is 44.5 Å². The second kappa shape index (κ2) is 8.31. The molecule has 0 bridgehead atoms. The summed E-state index contributed by atoms with van der Waals surface area (Å²) in [4.78, 5) is 2.28. The van der Waals surface area contributed by atoms with Gasteiger partial charge >= 0.3 is 0 Å². The molecule has 1 aromatic rings. The van der Waals surface area contributed by atoms with Crippen LogP contribution >= 0.6 is 0 Å². The van der Waals surface area contributed by atoms with Gasteiger partial charge in [-0.15, -0.1) is 0 Å². The summed E-state index contributed by atoms with van der Waals surface area (Å²) in [6.45, 7) is 11.3. The molecule has 0 amide bonds. The van der Waals surface area contributed by atoms with Crippen LogP contribution in [0.4, 0.5) is 0 Å². The maximum Gasteiger partial charge on any atom is 0.0589 e. The Bertz CT molecular complexity index is 367. The van der Waals surface area contributed by atoms with Crippen molar-refractivity contribution in [2.45, 2.75) is 27.3 Å². The third-order valence-corrected chi connectivity index (χ3v) is 3.49. The number of methoxy groups -OCH3 is 1. The first-order valence-corrected chi connectivity index (χ1v) is 6.99. The largest absolute Gasteiger partial charge is 0.383 e. The normalized spacial score (nSPS) is 11.3. The molecule has 3 nitrogen and oxygen atoms in total. The lowest BCUT2D eigenvalue weighted by Crippen LogP contribution is -2.31. The minimum atomic E-state index is 0.798. The molecule has 1 aromatic carbocycles. The fourth-order valence-electron chi connectivity index (χ4n) is 2.33. The Balaban J connectivity index is 2.34. The summed E-state index contributed by atoms with van der Waals surface area (Å²) in [6, 6.07) is 4.52. The molecule has 0 saturated carbocycles. The Kier molecular flexibility index (Phi) is 7.06. The molecule has 0 radical (unpaired) electrons. The van der Waals surface area contributed by atoms with E-state index in [2.05, 4.69) is 50.2 Å². The second-order valence-corrected chi connectivity index (χ2v) is 5.35. The van der Waals surface area contributed by atoms with Gasteiger partial charge in [-0.3, -0.25) is 0 Å². The quantitative estimate of drug-likeness (QED) is 0.729. The highest BCUT2D eigenvalue weighted by molar-refractivity contribution is 5.37.